The van der Waals surface area contributed by atoms with Crippen LogP contribution in [0.25, 0.3) is 11.4 Å². The number of rotatable bonds is 2. The van der Waals surface area contributed by atoms with E-state index in [-0.39, 0.29) is 0 Å². The number of hydrogen-bond donors (Lipinski definition) is 0. The van der Waals surface area contributed by atoms with Gasteiger partial charge in [-0.1, -0.05) is 23.2 Å². The van der Waals surface area contributed by atoms with E-state index in [1.54, 1.807) is 24.8 Å². The third-order valence-corrected chi connectivity index (χ3v) is 2.15. The maximum Gasteiger partial charge on any atom is 0.151 e. The van der Waals surface area contributed by atoms with Gasteiger partial charge in [0.25, 0.3) is 0 Å². The Balaban J connectivity index is 2.53. The minimum Gasteiger partial charge on any atom is -0.261 e. The summed E-state index contributed by atoms with van der Waals surface area (Å²) in [4.78, 5) is 15.5. The summed E-state index contributed by atoms with van der Waals surface area (Å²) >= 11 is 11.5. The van der Waals surface area contributed by atoms with Gasteiger partial charge in [0.05, 0.1) is 6.20 Å². The lowest BCUT2D eigenvalue weighted by molar-refractivity contribution is 1.06. The van der Waals surface area contributed by atoms with Crippen LogP contribution in [0.3, 0.4) is 0 Å². The van der Waals surface area contributed by atoms with Gasteiger partial charge < -0.3 is 0 Å². The largest absolute Gasteiger partial charge is 0.261 e. The topological polar surface area (TPSA) is 51.6 Å². The summed E-state index contributed by atoms with van der Waals surface area (Å²) in [6.45, 7) is 0. The van der Waals surface area contributed by atoms with Gasteiger partial charge in [0, 0.05) is 24.8 Å². The molecule has 15 heavy (non-hydrogen) atoms. The summed E-state index contributed by atoms with van der Waals surface area (Å²) in [6, 6.07) is 0. The van der Waals surface area contributed by atoms with E-state index in [0.29, 0.717) is 17.1 Å². The molecule has 0 unspecified atom stereocenters. The van der Waals surface area contributed by atoms with Gasteiger partial charge >= 0.3 is 0 Å². The first-order valence-corrected chi connectivity index (χ1v) is 5.02. The summed E-state index contributed by atoms with van der Waals surface area (Å²) in [5.41, 5.74) is 1.65. The van der Waals surface area contributed by atoms with Gasteiger partial charge in [-0.25, -0.2) is 0 Å². The highest BCUT2D eigenvalue weighted by atomic mass is 35.5. The molecule has 0 atom stereocenters. The second kappa shape index (κ2) is 4.51. The zero-order valence-corrected chi connectivity index (χ0v) is 9.02. The zero-order valence-electron chi connectivity index (χ0n) is 7.51. The molecule has 0 bridgehead atoms. The first-order chi connectivity index (χ1) is 7.29. The normalized spacial score (nSPS) is 10.6. The van der Waals surface area contributed by atoms with Crippen molar-refractivity contribution in [1.29, 1.82) is 0 Å². The predicted octanol–water partition coefficient (Wildman–Crippen LogP) is 2.41. The highest BCUT2D eigenvalue weighted by molar-refractivity contribution is 6.44. The smallest absolute Gasteiger partial charge is 0.151 e. The Morgan fingerprint density at radius 2 is 1.67 bits per heavy atom. The van der Waals surface area contributed by atoms with E-state index in [2.05, 4.69) is 19.9 Å². The molecular formula is C9H6Cl2N4. The van der Waals surface area contributed by atoms with E-state index < -0.39 is 4.84 Å². The van der Waals surface area contributed by atoms with Crippen molar-refractivity contribution in [2.45, 2.75) is 4.84 Å². The average molecular weight is 241 g/mol. The van der Waals surface area contributed by atoms with Crippen molar-refractivity contribution in [3.05, 3.63) is 36.7 Å². The van der Waals surface area contributed by atoms with E-state index in [1.807, 2.05) is 0 Å². The summed E-state index contributed by atoms with van der Waals surface area (Å²) in [5, 5.41) is 0. The van der Waals surface area contributed by atoms with E-state index in [1.165, 1.54) is 6.20 Å². The van der Waals surface area contributed by atoms with Gasteiger partial charge in [0.1, 0.15) is 17.1 Å². The fourth-order valence-corrected chi connectivity index (χ4v) is 1.45. The van der Waals surface area contributed by atoms with Crippen LogP contribution in [0.1, 0.15) is 10.5 Å². The van der Waals surface area contributed by atoms with Crippen molar-refractivity contribution < 1.29 is 0 Å². The monoisotopic (exact) mass is 240 g/mol. The third kappa shape index (κ3) is 2.22. The zero-order chi connectivity index (χ0) is 10.7. The van der Waals surface area contributed by atoms with Crippen LogP contribution >= 0.6 is 23.2 Å². The number of halogens is 2. The van der Waals surface area contributed by atoms with Crippen LogP contribution < -0.4 is 0 Å². The number of alkyl halides is 2. The number of nitrogens with zero attached hydrogens (tertiary/aromatic N) is 4. The lowest BCUT2D eigenvalue weighted by atomic mass is 10.2. The van der Waals surface area contributed by atoms with E-state index in [0.717, 1.165) is 0 Å². The molecule has 2 heterocycles. The second-order valence-corrected chi connectivity index (χ2v) is 3.78. The van der Waals surface area contributed by atoms with Crippen molar-refractivity contribution in [1.82, 2.24) is 19.9 Å². The van der Waals surface area contributed by atoms with E-state index in [4.69, 9.17) is 23.2 Å². The molecule has 0 amide bonds. The Morgan fingerprint density at radius 3 is 2.33 bits per heavy atom. The minimum atomic E-state index is -0.726. The maximum atomic E-state index is 5.77. The Hall–Kier alpha value is -1.26. The quantitative estimate of drug-likeness (QED) is 0.757. The summed E-state index contributed by atoms with van der Waals surface area (Å²) in [6.07, 6.45) is 7.84. The van der Waals surface area contributed by atoms with Gasteiger partial charge in [0.15, 0.2) is 4.84 Å². The van der Waals surface area contributed by atoms with Gasteiger partial charge in [-0.2, -0.15) is 0 Å². The Morgan fingerprint density at radius 1 is 0.933 bits per heavy atom. The molecule has 0 aliphatic heterocycles. The average Bonchev–Trinajstić information content (AvgIpc) is 2.30. The third-order valence-electron chi connectivity index (χ3n) is 1.74. The fraction of sp³-hybridized carbons (Fsp3) is 0.111. The van der Waals surface area contributed by atoms with Crippen LogP contribution in [0.5, 0.6) is 0 Å². The molecule has 2 rings (SSSR count). The molecule has 0 saturated carbocycles. The van der Waals surface area contributed by atoms with E-state index >= 15 is 0 Å². The number of hydrogen-bond acceptors (Lipinski definition) is 4. The van der Waals surface area contributed by atoms with Gasteiger partial charge in [-0.15, -0.1) is 0 Å². The molecule has 0 spiro atoms. The lowest BCUT2D eigenvalue weighted by Crippen LogP contribution is -1.97. The van der Waals surface area contributed by atoms with E-state index in [9.17, 15) is 0 Å². The van der Waals surface area contributed by atoms with Crippen molar-refractivity contribution in [2.24, 2.45) is 0 Å². The van der Waals surface area contributed by atoms with Crippen molar-refractivity contribution >= 4 is 23.2 Å². The highest BCUT2D eigenvalue weighted by Gasteiger charge is 2.14. The van der Waals surface area contributed by atoms with Gasteiger partial charge in [-0.3, -0.25) is 19.9 Å². The van der Waals surface area contributed by atoms with Crippen LogP contribution in [-0.4, -0.2) is 19.9 Å². The first-order valence-electron chi connectivity index (χ1n) is 4.14. The van der Waals surface area contributed by atoms with Crippen molar-refractivity contribution in [3.63, 3.8) is 0 Å². The van der Waals surface area contributed by atoms with Gasteiger partial charge in [0.2, 0.25) is 0 Å². The molecule has 0 aromatic carbocycles. The Bertz CT molecular complexity index is 447. The SMILES string of the molecule is ClC(Cl)c1nccnc1-c1cnccn1. The molecule has 2 aromatic rings. The van der Waals surface area contributed by atoms with Crippen molar-refractivity contribution in [3.8, 4) is 11.4 Å². The van der Waals surface area contributed by atoms with Crippen LogP contribution in [-0.2, 0) is 0 Å². The Labute approximate surface area is 96.3 Å². The summed E-state index contributed by atoms with van der Waals surface area (Å²) in [5.74, 6) is 0. The van der Waals surface area contributed by atoms with Crippen LogP contribution in [0, 0.1) is 0 Å². The summed E-state index contributed by atoms with van der Waals surface area (Å²) < 4.78 is 0. The molecule has 0 fully saturated rings. The van der Waals surface area contributed by atoms with Crippen LogP contribution in [0.15, 0.2) is 31.0 Å². The molecule has 0 saturated heterocycles. The van der Waals surface area contributed by atoms with Crippen LogP contribution in [0.2, 0.25) is 0 Å². The molecule has 0 radical (unpaired) electrons. The second-order valence-electron chi connectivity index (χ2n) is 2.68. The lowest BCUT2D eigenvalue weighted by Gasteiger charge is -2.05. The Kier molecular flexibility index (Phi) is 3.08. The predicted molar refractivity (Wildman–Crippen MR) is 57.5 cm³/mol. The standard InChI is InChI=1S/C9H6Cl2N4/c10-9(11)8-7(14-3-4-15-8)6-5-12-1-2-13-6/h1-5,9H. The molecule has 0 aliphatic rings. The molecule has 76 valence electrons. The molecule has 2 aromatic heterocycles. The highest BCUT2D eigenvalue weighted by Crippen LogP contribution is 2.29. The minimum absolute atomic E-state index is 0.487. The van der Waals surface area contributed by atoms with Gasteiger partial charge in [-0.05, 0) is 0 Å². The molecule has 4 nitrogen and oxygen atoms in total. The fourth-order valence-electron chi connectivity index (χ4n) is 1.13. The molecule has 0 aliphatic carbocycles. The summed E-state index contributed by atoms with van der Waals surface area (Å²) in [7, 11) is 0. The maximum absolute atomic E-state index is 5.77. The number of aromatic nitrogens is 4. The first kappa shape index (κ1) is 10.3. The molecule has 6 heteroatoms. The molecular weight excluding hydrogens is 235 g/mol. The molecule has 0 N–H and O–H groups in total. The van der Waals surface area contributed by atoms with Crippen molar-refractivity contribution in [2.75, 3.05) is 0 Å². The van der Waals surface area contributed by atoms with Crippen LogP contribution in [0.4, 0.5) is 0 Å².